The number of carbonyl (C=O) groups is 1. The van der Waals surface area contributed by atoms with E-state index in [1.165, 1.54) is 19.2 Å². The van der Waals surface area contributed by atoms with Gasteiger partial charge in [0, 0.05) is 12.6 Å². The number of hydrogen-bond donors (Lipinski definition) is 1. The Morgan fingerprint density at radius 3 is 2.22 bits per heavy atom. The number of aliphatic hydroxyl groups is 1. The number of nitro groups is 1. The molecule has 1 aromatic carbocycles. The third-order valence-corrected chi connectivity index (χ3v) is 12.8. The van der Waals surface area contributed by atoms with Crippen molar-refractivity contribution >= 4 is 19.9 Å². The molecular formula is C23H38N2O6Si. The number of nitrogens with zero attached hydrogens (tertiary/aromatic N) is 2. The second kappa shape index (κ2) is 10.7. The van der Waals surface area contributed by atoms with Crippen molar-refractivity contribution in [3.05, 3.63) is 27.8 Å². The van der Waals surface area contributed by atoms with Crippen molar-refractivity contribution in [1.29, 1.82) is 0 Å². The lowest BCUT2D eigenvalue weighted by molar-refractivity contribution is -0.385. The maximum atomic E-state index is 13.3. The van der Waals surface area contributed by atoms with Crippen LogP contribution in [0.15, 0.2) is 12.1 Å². The van der Waals surface area contributed by atoms with Crippen LogP contribution in [-0.2, 0) is 0 Å². The molecule has 180 valence electrons. The summed E-state index contributed by atoms with van der Waals surface area (Å²) in [6.45, 7) is 13.1. The van der Waals surface area contributed by atoms with E-state index in [1.807, 2.05) is 0 Å². The second-order valence-corrected chi connectivity index (χ2v) is 14.9. The van der Waals surface area contributed by atoms with E-state index in [0.717, 1.165) is 12.8 Å². The van der Waals surface area contributed by atoms with Gasteiger partial charge in [0.1, 0.15) is 5.56 Å². The molecule has 0 radical (unpaired) electrons. The molecule has 1 amide bonds. The molecule has 1 atom stereocenters. The molecule has 1 aliphatic heterocycles. The monoisotopic (exact) mass is 466 g/mol. The lowest BCUT2D eigenvalue weighted by Gasteiger charge is -2.42. The topological polar surface area (TPSA) is 102 Å². The van der Waals surface area contributed by atoms with E-state index in [-0.39, 0.29) is 40.5 Å². The number of amides is 1. The second-order valence-electron chi connectivity index (χ2n) is 9.53. The normalized spacial score (nSPS) is 17.2. The molecule has 1 N–H and O–H groups in total. The number of methoxy groups -OCH3 is 1. The average molecular weight is 467 g/mol. The summed E-state index contributed by atoms with van der Waals surface area (Å²) in [6.07, 6.45) is 2.40. The maximum absolute atomic E-state index is 13.3. The fourth-order valence-corrected chi connectivity index (χ4v) is 10.5. The van der Waals surface area contributed by atoms with Crippen LogP contribution in [0.2, 0.25) is 16.6 Å². The van der Waals surface area contributed by atoms with E-state index in [1.54, 1.807) is 4.90 Å². The molecule has 0 aliphatic carbocycles. The number of benzene rings is 1. The van der Waals surface area contributed by atoms with Gasteiger partial charge < -0.3 is 19.2 Å². The maximum Gasteiger partial charge on any atom is 0.286 e. The van der Waals surface area contributed by atoms with Gasteiger partial charge in [0.25, 0.3) is 19.9 Å². The van der Waals surface area contributed by atoms with Gasteiger partial charge in [-0.15, -0.1) is 0 Å². The van der Waals surface area contributed by atoms with Crippen LogP contribution < -0.4 is 9.16 Å². The Bertz CT molecular complexity index is 805. The van der Waals surface area contributed by atoms with Crippen molar-refractivity contribution in [3.63, 3.8) is 0 Å². The van der Waals surface area contributed by atoms with E-state index in [4.69, 9.17) is 9.16 Å². The minimum absolute atomic E-state index is 0.0366. The van der Waals surface area contributed by atoms with Crippen molar-refractivity contribution in [2.75, 3.05) is 20.3 Å². The molecule has 9 heteroatoms. The Kier molecular flexibility index (Phi) is 8.70. The van der Waals surface area contributed by atoms with Crippen molar-refractivity contribution in [2.45, 2.75) is 83.5 Å². The first-order valence-electron chi connectivity index (χ1n) is 11.5. The molecule has 0 spiro atoms. The number of ether oxygens (including phenoxy) is 1. The van der Waals surface area contributed by atoms with Crippen LogP contribution in [0.25, 0.3) is 0 Å². The molecule has 0 saturated carbocycles. The third-order valence-electron chi connectivity index (χ3n) is 6.80. The van der Waals surface area contributed by atoms with Gasteiger partial charge in [-0.1, -0.05) is 41.5 Å². The van der Waals surface area contributed by atoms with E-state index in [0.29, 0.717) is 24.5 Å². The smallest absolute Gasteiger partial charge is 0.286 e. The largest absolute Gasteiger partial charge is 0.540 e. The summed E-state index contributed by atoms with van der Waals surface area (Å²) in [4.78, 5) is 26.3. The molecule has 0 aromatic heterocycles. The molecule has 1 heterocycles. The highest BCUT2D eigenvalue weighted by atomic mass is 28.4. The van der Waals surface area contributed by atoms with E-state index < -0.39 is 19.1 Å². The number of likely N-dealkylation sites (tertiary alicyclic amines) is 1. The third kappa shape index (κ3) is 4.93. The van der Waals surface area contributed by atoms with Crippen LogP contribution in [0.1, 0.15) is 71.2 Å². The van der Waals surface area contributed by atoms with E-state index in [9.17, 15) is 20.0 Å². The number of aliphatic hydroxyl groups excluding tert-OH is 1. The van der Waals surface area contributed by atoms with Gasteiger partial charge in [0.05, 0.1) is 30.7 Å². The summed E-state index contributed by atoms with van der Waals surface area (Å²) in [7, 11) is -0.923. The van der Waals surface area contributed by atoms with Gasteiger partial charge in [-0.25, -0.2) is 0 Å². The van der Waals surface area contributed by atoms with Crippen molar-refractivity contribution < 1.29 is 24.0 Å². The molecule has 32 heavy (non-hydrogen) atoms. The quantitative estimate of drug-likeness (QED) is 0.307. The molecule has 1 fully saturated rings. The summed E-state index contributed by atoms with van der Waals surface area (Å²) >= 11 is 0. The Morgan fingerprint density at radius 2 is 1.75 bits per heavy atom. The molecule has 1 aliphatic rings. The van der Waals surface area contributed by atoms with Crippen LogP contribution in [-0.4, -0.2) is 55.5 Å². The van der Waals surface area contributed by atoms with Gasteiger partial charge in [-0.3, -0.25) is 14.9 Å². The summed E-state index contributed by atoms with van der Waals surface area (Å²) in [6, 6.07) is 2.44. The lowest BCUT2D eigenvalue weighted by Crippen LogP contribution is -2.50. The Balaban J connectivity index is 2.60. The molecule has 0 bridgehead atoms. The zero-order chi connectivity index (χ0) is 24.2. The van der Waals surface area contributed by atoms with Crippen LogP contribution in [0.4, 0.5) is 5.69 Å². The summed E-state index contributed by atoms with van der Waals surface area (Å²) in [5.74, 6) is 0.173. The standard InChI is InChI=1S/C23H38N2O6Si/c1-15(2)32(16(3)4,17(5)6)31-22-13-20(25(28)29)19(12-21(22)30-7)23(27)24-11-9-8-10-18(24)14-26/h12-13,15-18,26H,8-11,14H2,1-7H3/t18-/m0/s1. The van der Waals surface area contributed by atoms with Gasteiger partial charge >= 0.3 is 0 Å². The van der Waals surface area contributed by atoms with Gasteiger partial charge in [0.2, 0.25) is 0 Å². The Morgan fingerprint density at radius 1 is 1.16 bits per heavy atom. The van der Waals surface area contributed by atoms with E-state index in [2.05, 4.69) is 41.5 Å². The molecule has 2 rings (SSSR count). The summed E-state index contributed by atoms with van der Waals surface area (Å²) < 4.78 is 12.2. The van der Waals surface area contributed by atoms with Crippen molar-refractivity contribution in [3.8, 4) is 11.5 Å². The Hall–Kier alpha value is -2.13. The summed E-state index contributed by atoms with van der Waals surface area (Å²) in [5.41, 5.74) is 0.474. The number of piperidine rings is 1. The Labute approximate surface area is 192 Å². The fraction of sp³-hybridized carbons (Fsp3) is 0.696. The molecule has 1 aromatic rings. The van der Waals surface area contributed by atoms with Crippen LogP contribution in [0.5, 0.6) is 11.5 Å². The van der Waals surface area contributed by atoms with Gasteiger partial charge in [-0.2, -0.15) is 0 Å². The predicted molar refractivity (Wildman–Crippen MR) is 127 cm³/mol. The van der Waals surface area contributed by atoms with Crippen LogP contribution >= 0.6 is 0 Å². The fourth-order valence-electron chi connectivity index (χ4n) is 5.27. The number of nitro benzene ring substituents is 1. The number of rotatable bonds is 9. The van der Waals surface area contributed by atoms with E-state index >= 15 is 0 Å². The zero-order valence-corrected chi connectivity index (χ0v) is 21.4. The first kappa shape index (κ1) is 26.1. The van der Waals surface area contributed by atoms with Crippen molar-refractivity contribution in [1.82, 2.24) is 4.90 Å². The average Bonchev–Trinajstić information content (AvgIpc) is 2.75. The molecule has 8 nitrogen and oxygen atoms in total. The highest BCUT2D eigenvalue weighted by molar-refractivity contribution is 6.78. The SMILES string of the molecule is COc1cc(C(=O)N2CCCC[C@H]2CO)c([N+](=O)[O-])cc1O[Si](C(C)C)(C(C)C)C(C)C. The van der Waals surface area contributed by atoms with Crippen LogP contribution in [0.3, 0.4) is 0 Å². The highest BCUT2D eigenvalue weighted by Gasteiger charge is 2.48. The van der Waals surface area contributed by atoms with Gasteiger partial charge in [0.15, 0.2) is 11.5 Å². The zero-order valence-electron chi connectivity index (χ0n) is 20.4. The molecular weight excluding hydrogens is 428 g/mol. The molecule has 0 unspecified atom stereocenters. The first-order chi connectivity index (χ1) is 15.0. The van der Waals surface area contributed by atoms with Gasteiger partial charge in [-0.05, 0) is 35.9 Å². The number of carbonyl (C=O) groups excluding carboxylic acids is 1. The minimum atomic E-state index is -2.40. The molecule has 1 saturated heterocycles. The predicted octanol–water partition coefficient (Wildman–Crippen LogP) is 5.14. The number of hydrogen-bond acceptors (Lipinski definition) is 6. The highest BCUT2D eigenvalue weighted by Crippen LogP contribution is 2.46. The first-order valence-corrected chi connectivity index (χ1v) is 13.6. The van der Waals surface area contributed by atoms with Crippen LogP contribution in [0, 0.1) is 10.1 Å². The minimum Gasteiger partial charge on any atom is -0.540 e. The van der Waals surface area contributed by atoms with Crippen molar-refractivity contribution in [2.24, 2.45) is 0 Å². The lowest BCUT2D eigenvalue weighted by atomic mass is 10.0. The summed E-state index contributed by atoms with van der Waals surface area (Å²) in [5, 5.41) is 21.7.